The molecule has 0 saturated heterocycles. The Kier molecular flexibility index (Phi) is 2.29. The molecular weight excluding hydrogens is 200 g/mol. The molecule has 0 saturated carbocycles. The number of aromatic nitrogens is 1. The number of aryl methyl sites for hydroxylation is 1. The first-order valence-corrected chi connectivity index (χ1v) is 5.50. The van der Waals surface area contributed by atoms with Gasteiger partial charge in [0.05, 0.1) is 5.69 Å². The van der Waals surface area contributed by atoms with Crippen molar-refractivity contribution in [3.8, 4) is 0 Å². The Labute approximate surface area is 93.8 Å². The molecular formula is C13H12N2O. The van der Waals surface area contributed by atoms with Crippen LogP contribution in [-0.2, 0) is 12.8 Å². The molecule has 3 rings (SSSR count). The first-order chi connectivity index (χ1) is 7.93. The highest BCUT2D eigenvalue weighted by molar-refractivity contribution is 5.81. The Balaban J connectivity index is 1.87. The van der Waals surface area contributed by atoms with E-state index in [4.69, 9.17) is 4.52 Å². The lowest BCUT2D eigenvalue weighted by molar-refractivity contribution is 0.419. The van der Waals surface area contributed by atoms with Crippen LogP contribution < -0.4 is 0 Å². The zero-order valence-corrected chi connectivity index (χ0v) is 8.89. The van der Waals surface area contributed by atoms with Gasteiger partial charge in [-0.3, -0.25) is 0 Å². The van der Waals surface area contributed by atoms with E-state index in [0.717, 1.165) is 24.1 Å². The number of hydrogen-bond acceptors (Lipinski definition) is 3. The van der Waals surface area contributed by atoms with Crippen molar-refractivity contribution < 1.29 is 4.52 Å². The van der Waals surface area contributed by atoms with Crippen LogP contribution in [0.5, 0.6) is 0 Å². The quantitative estimate of drug-likeness (QED) is 0.718. The molecule has 0 atom stereocenters. The summed E-state index contributed by atoms with van der Waals surface area (Å²) in [4.78, 5) is 4.35. The van der Waals surface area contributed by atoms with Crippen LogP contribution >= 0.6 is 0 Å². The average molecular weight is 212 g/mol. The number of hydrogen-bond donors (Lipinski definition) is 0. The van der Waals surface area contributed by atoms with E-state index in [1.165, 1.54) is 12.0 Å². The van der Waals surface area contributed by atoms with Crippen molar-refractivity contribution >= 4 is 12.1 Å². The predicted molar refractivity (Wildman–Crippen MR) is 62.2 cm³/mol. The standard InChI is InChI=1S/C13H12N2O/c1-2-5-10(6-3-1)9-14-13-11-7-4-8-12(11)15-16-13/h1-3,5-6,9H,4,7-8H2. The first-order valence-electron chi connectivity index (χ1n) is 5.50. The van der Waals surface area contributed by atoms with Gasteiger partial charge < -0.3 is 4.52 Å². The van der Waals surface area contributed by atoms with Crippen LogP contribution in [0.25, 0.3) is 0 Å². The zero-order valence-electron chi connectivity index (χ0n) is 8.89. The molecule has 80 valence electrons. The third kappa shape index (κ3) is 1.65. The predicted octanol–water partition coefficient (Wildman–Crippen LogP) is 2.91. The molecule has 0 N–H and O–H groups in total. The molecule has 0 amide bonds. The lowest BCUT2D eigenvalue weighted by atomic mass is 10.2. The molecule has 16 heavy (non-hydrogen) atoms. The van der Waals surface area contributed by atoms with Gasteiger partial charge in [0.15, 0.2) is 0 Å². The van der Waals surface area contributed by atoms with Crippen LogP contribution in [0.1, 0.15) is 23.2 Å². The Morgan fingerprint density at radius 2 is 2.06 bits per heavy atom. The van der Waals surface area contributed by atoms with Gasteiger partial charge in [0, 0.05) is 11.8 Å². The highest BCUT2D eigenvalue weighted by Crippen LogP contribution is 2.30. The first kappa shape index (κ1) is 9.33. The summed E-state index contributed by atoms with van der Waals surface area (Å²) in [5.74, 6) is 0.677. The molecule has 0 radical (unpaired) electrons. The van der Waals surface area contributed by atoms with E-state index >= 15 is 0 Å². The van der Waals surface area contributed by atoms with Crippen molar-refractivity contribution in [2.45, 2.75) is 19.3 Å². The number of aliphatic imine (C=N–C) groups is 1. The summed E-state index contributed by atoms with van der Waals surface area (Å²) in [5.41, 5.74) is 3.35. The van der Waals surface area contributed by atoms with Crippen molar-refractivity contribution in [2.24, 2.45) is 4.99 Å². The Bertz CT molecular complexity index is 514. The maximum atomic E-state index is 5.21. The third-order valence-corrected chi connectivity index (χ3v) is 2.82. The second-order valence-electron chi connectivity index (χ2n) is 3.94. The SMILES string of the molecule is C(=Nc1onc2c1CCC2)c1ccccc1. The highest BCUT2D eigenvalue weighted by atomic mass is 16.5. The van der Waals surface area contributed by atoms with E-state index in [9.17, 15) is 0 Å². The Hall–Kier alpha value is -1.90. The van der Waals surface area contributed by atoms with Gasteiger partial charge in [0.1, 0.15) is 0 Å². The van der Waals surface area contributed by atoms with Gasteiger partial charge in [-0.1, -0.05) is 35.5 Å². The fourth-order valence-electron chi connectivity index (χ4n) is 1.99. The van der Waals surface area contributed by atoms with E-state index in [-0.39, 0.29) is 0 Å². The maximum absolute atomic E-state index is 5.21. The van der Waals surface area contributed by atoms with Gasteiger partial charge in [0.25, 0.3) is 5.88 Å². The van der Waals surface area contributed by atoms with Gasteiger partial charge in [-0.25, -0.2) is 4.99 Å². The minimum Gasteiger partial charge on any atom is -0.336 e. The van der Waals surface area contributed by atoms with Crippen LogP contribution in [0.15, 0.2) is 39.8 Å². The van der Waals surface area contributed by atoms with E-state index in [2.05, 4.69) is 10.1 Å². The Morgan fingerprint density at radius 3 is 2.94 bits per heavy atom. The van der Waals surface area contributed by atoms with Crippen molar-refractivity contribution in [1.82, 2.24) is 5.16 Å². The minimum absolute atomic E-state index is 0.677. The lowest BCUT2D eigenvalue weighted by Gasteiger charge is -1.91. The number of nitrogens with zero attached hydrogens (tertiary/aromatic N) is 2. The summed E-state index contributed by atoms with van der Waals surface area (Å²) in [6, 6.07) is 10.0. The van der Waals surface area contributed by atoms with Crippen LogP contribution in [0.2, 0.25) is 0 Å². The molecule has 3 heteroatoms. The zero-order chi connectivity index (χ0) is 10.8. The van der Waals surface area contributed by atoms with Crippen molar-refractivity contribution in [3.63, 3.8) is 0 Å². The topological polar surface area (TPSA) is 38.4 Å². The van der Waals surface area contributed by atoms with E-state index in [1.54, 1.807) is 0 Å². The van der Waals surface area contributed by atoms with Gasteiger partial charge in [-0.05, 0) is 24.8 Å². The summed E-state index contributed by atoms with van der Waals surface area (Å²) >= 11 is 0. The summed E-state index contributed by atoms with van der Waals surface area (Å²) in [7, 11) is 0. The number of fused-ring (bicyclic) bond motifs is 1. The molecule has 0 bridgehead atoms. The van der Waals surface area contributed by atoms with Gasteiger partial charge in [-0.15, -0.1) is 0 Å². The summed E-state index contributed by atoms with van der Waals surface area (Å²) < 4.78 is 5.21. The summed E-state index contributed by atoms with van der Waals surface area (Å²) in [6.45, 7) is 0. The fraction of sp³-hybridized carbons (Fsp3) is 0.231. The van der Waals surface area contributed by atoms with Gasteiger partial charge >= 0.3 is 0 Å². The van der Waals surface area contributed by atoms with E-state index in [0.29, 0.717) is 5.88 Å². The van der Waals surface area contributed by atoms with Crippen molar-refractivity contribution in [1.29, 1.82) is 0 Å². The average Bonchev–Trinajstić information content (AvgIpc) is 2.90. The largest absolute Gasteiger partial charge is 0.336 e. The van der Waals surface area contributed by atoms with Crippen LogP contribution in [0.3, 0.4) is 0 Å². The second-order valence-corrected chi connectivity index (χ2v) is 3.94. The van der Waals surface area contributed by atoms with Crippen LogP contribution in [0.4, 0.5) is 5.88 Å². The molecule has 0 unspecified atom stereocenters. The van der Waals surface area contributed by atoms with Crippen molar-refractivity contribution in [3.05, 3.63) is 47.2 Å². The van der Waals surface area contributed by atoms with E-state index < -0.39 is 0 Å². The molecule has 1 aliphatic rings. The molecule has 1 heterocycles. The molecule has 1 aliphatic carbocycles. The molecule has 2 aromatic rings. The minimum atomic E-state index is 0.677. The molecule has 0 spiro atoms. The third-order valence-electron chi connectivity index (χ3n) is 2.82. The van der Waals surface area contributed by atoms with Crippen LogP contribution in [-0.4, -0.2) is 11.4 Å². The van der Waals surface area contributed by atoms with Gasteiger partial charge in [-0.2, -0.15) is 0 Å². The molecule has 1 aromatic carbocycles. The molecule has 0 aliphatic heterocycles. The highest BCUT2D eigenvalue weighted by Gasteiger charge is 2.19. The smallest absolute Gasteiger partial charge is 0.253 e. The maximum Gasteiger partial charge on any atom is 0.253 e. The molecule has 0 fully saturated rings. The normalized spacial score (nSPS) is 14.5. The molecule has 3 nitrogen and oxygen atoms in total. The van der Waals surface area contributed by atoms with E-state index in [1.807, 2.05) is 36.5 Å². The summed E-state index contributed by atoms with van der Waals surface area (Å²) in [6.07, 6.45) is 5.06. The van der Waals surface area contributed by atoms with Crippen LogP contribution in [0, 0.1) is 0 Å². The van der Waals surface area contributed by atoms with Crippen molar-refractivity contribution in [2.75, 3.05) is 0 Å². The molecule has 1 aromatic heterocycles. The number of rotatable bonds is 2. The second kappa shape index (κ2) is 3.93. The number of benzene rings is 1. The monoisotopic (exact) mass is 212 g/mol. The fourth-order valence-corrected chi connectivity index (χ4v) is 1.99. The van der Waals surface area contributed by atoms with Gasteiger partial charge in [0.2, 0.25) is 0 Å². The summed E-state index contributed by atoms with van der Waals surface area (Å²) in [5, 5.41) is 4.02. The lowest BCUT2D eigenvalue weighted by Crippen LogP contribution is -1.79. The Morgan fingerprint density at radius 1 is 1.19 bits per heavy atom.